The number of hydrogen-bond donors (Lipinski definition) is 2. The van der Waals surface area contributed by atoms with Crippen LogP contribution in [0.15, 0.2) is 24.3 Å². The van der Waals surface area contributed by atoms with Gasteiger partial charge in [0.25, 0.3) is 0 Å². The number of aryl methyl sites for hydroxylation is 1. The number of phenols is 1. The molecule has 0 aromatic heterocycles. The van der Waals surface area contributed by atoms with Gasteiger partial charge in [-0.25, -0.2) is 0 Å². The minimum Gasteiger partial charge on any atom is -0.508 e. The van der Waals surface area contributed by atoms with E-state index in [1.165, 1.54) is 24.8 Å². The Hall–Kier alpha value is -1.02. The van der Waals surface area contributed by atoms with E-state index in [1.807, 2.05) is 12.1 Å². The quantitative estimate of drug-likeness (QED) is 0.774. The van der Waals surface area contributed by atoms with Gasteiger partial charge in [0.1, 0.15) is 5.75 Å². The predicted molar refractivity (Wildman–Crippen MR) is 62.0 cm³/mol. The molecule has 1 fully saturated rings. The summed E-state index contributed by atoms with van der Waals surface area (Å²) in [5.74, 6) is 0.350. The molecule has 0 radical (unpaired) electrons. The summed E-state index contributed by atoms with van der Waals surface area (Å²) in [6, 6.07) is 8.91. The third kappa shape index (κ3) is 3.56. The van der Waals surface area contributed by atoms with Gasteiger partial charge < -0.3 is 10.4 Å². The molecule has 0 amide bonds. The van der Waals surface area contributed by atoms with E-state index in [-0.39, 0.29) is 0 Å². The van der Waals surface area contributed by atoms with Crippen LogP contribution in [0.1, 0.15) is 31.7 Å². The van der Waals surface area contributed by atoms with Crippen molar-refractivity contribution in [1.82, 2.24) is 5.32 Å². The van der Waals surface area contributed by atoms with Crippen LogP contribution in [0, 0.1) is 0 Å². The molecule has 2 N–H and O–H groups in total. The highest BCUT2D eigenvalue weighted by atomic mass is 16.3. The van der Waals surface area contributed by atoms with E-state index in [9.17, 15) is 0 Å². The lowest BCUT2D eigenvalue weighted by Crippen LogP contribution is -2.28. The van der Waals surface area contributed by atoms with Crippen molar-refractivity contribution in [2.75, 3.05) is 0 Å². The summed E-state index contributed by atoms with van der Waals surface area (Å²) < 4.78 is 0. The second-order valence-electron chi connectivity index (χ2n) is 4.55. The molecule has 1 aromatic carbocycles. The molecule has 2 heteroatoms. The topological polar surface area (TPSA) is 32.3 Å². The average Bonchev–Trinajstić information content (AvgIpc) is 3.01. The van der Waals surface area contributed by atoms with Crippen LogP contribution in [0.5, 0.6) is 5.75 Å². The van der Waals surface area contributed by atoms with Crippen LogP contribution >= 0.6 is 0 Å². The molecule has 82 valence electrons. The smallest absolute Gasteiger partial charge is 0.115 e. The monoisotopic (exact) mass is 205 g/mol. The first-order chi connectivity index (χ1) is 7.24. The van der Waals surface area contributed by atoms with Crippen LogP contribution < -0.4 is 5.32 Å². The van der Waals surface area contributed by atoms with E-state index >= 15 is 0 Å². The lowest BCUT2D eigenvalue weighted by molar-refractivity contribution is 0.474. The zero-order valence-electron chi connectivity index (χ0n) is 9.24. The molecule has 2 nitrogen and oxygen atoms in total. The molecule has 1 aliphatic carbocycles. The van der Waals surface area contributed by atoms with Gasteiger partial charge in [0.15, 0.2) is 0 Å². The highest BCUT2D eigenvalue weighted by Gasteiger charge is 2.22. The van der Waals surface area contributed by atoms with Crippen molar-refractivity contribution in [2.24, 2.45) is 0 Å². The van der Waals surface area contributed by atoms with E-state index in [2.05, 4.69) is 12.2 Å². The van der Waals surface area contributed by atoms with Gasteiger partial charge in [0.05, 0.1) is 0 Å². The first kappa shape index (κ1) is 10.5. The normalized spacial score (nSPS) is 17.7. The Morgan fingerprint density at radius 1 is 1.33 bits per heavy atom. The molecule has 0 spiro atoms. The molecule has 2 rings (SSSR count). The Morgan fingerprint density at radius 2 is 2.00 bits per heavy atom. The van der Waals surface area contributed by atoms with E-state index in [0.717, 1.165) is 12.5 Å². The first-order valence-electron chi connectivity index (χ1n) is 5.78. The van der Waals surface area contributed by atoms with E-state index in [1.54, 1.807) is 12.1 Å². The van der Waals surface area contributed by atoms with Crippen LogP contribution in [0.25, 0.3) is 0 Å². The molecule has 0 unspecified atom stereocenters. The first-order valence-corrected chi connectivity index (χ1v) is 5.78. The van der Waals surface area contributed by atoms with Crippen LogP contribution in [0.4, 0.5) is 0 Å². The summed E-state index contributed by atoms with van der Waals surface area (Å²) in [6.07, 6.45) is 4.95. The van der Waals surface area contributed by atoms with Crippen molar-refractivity contribution < 1.29 is 5.11 Å². The summed E-state index contributed by atoms with van der Waals surface area (Å²) >= 11 is 0. The molecule has 0 bridgehead atoms. The lowest BCUT2D eigenvalue weighted by Gasteiger charge is -2.12. The number of nitrogens with one attached hydrogen (secondary N) is 1. The van der Waals surface area contributed by atoms with Crippen LogP contribution in [-0.2, 0) is 6.42 Å². The van der Waals surface area contributed by atoms with Gasteiger partial charge in [-0.05, 0) is 50.3 Å². The highest BCUT2D eigenvalue weighted by molar-refractivity contribution is 5.25. The van der Waals surface area contributed by atoms with Crippen LogP contribution in [-0.4, -0.2) is 17.2 Å². The summed E-state index contributed by atoms with van der Waals surface area (Å²) in [5, 5.41) is 12.7. The maximum absolute atomic E-state index is 9.15. The number of phenolic OH excluding ortho intramolecular Hbond substituents is 1. The molecule has 1 atom stereocenters. The van der Waals surface area contributed by atoms with Crippen LogP contribution in [0.3, 0.4) is 0 Å². The Morgan fingerprint density at radius 3 is 2.60 bits per heavy atom. The fraction of sp³-hybridized carbons (Fsp3) is 0.538. The van der Waals surface area contributed by atoms with Gasteiger partial charge in [0, 0.05) is 12.1 Å². The lowest BCUT2D eigenvalue weighted by atomic mass is 10.1. The SMILES string of the molecule is C[C@H](CCc1ccc(O)cc1)NC1CC1. The summed E-state index contributed by atoms with van der Waals surface area (Å²) in [6.45, 7) is 2.25. The highest BCUT2D eigenvalue weighted by Crippen LogP contribution is 2.20. The maximum atomic E-state index is 9.15. The standard InChI is InChI=1S/C13H19NO/c1-10(14-12-6-7-12)2-3-11-4-8-13(15)9-5-11/h4-5,8-10,12,14-15H,2-3,6-7H2,1H3/t10-/m1/s1. The van der Waals surface area contributed by atoms with Crippen molar-refractivity contribution in [2.45, 2.75) is 44.7 Å². The van der Waals surface area contributed by atoms with Gasteiger partial charge in [0.2, 0.25) is 0 Å². The molecule has 0 aliphatic heterocycles. The molecule has 0 saturated heterocycles. The average molecular weight is 205 g/mol. The van der Waals surface area contributed by atoms with Gasteiger partial charge in [-0.2, -0.15) is 0 Å². The van der Waals surface area contributed by atoms with Gasteiger partial charge in [-0.1, -0.05) is 12.1 Å². The van der Waals surface area contributed by atoms with E-state index in [0.29, 0.717) is 11.8 Å². The fourth-order valence-electron chi connectivity index (χ4n) is 1.78. The Labute approximate surface area is 91.3 Å². The summed E-state index contributed by atoms with van der Waals surface area (Å²) in [5.41, 5.74) is 1.30. The summed E-state index contributed by atoms with van der Waals surface area (Å²) in [4.78, 5) is 0. The third-order valence-electron chi connectivity index (χ3n) is 2.90. The largest absolute Gasteiger partial charge is 0.508 e. The van der Waals surface area contributed by atoms with Crippen LogP contribution in [0.2, 0.25) is 0 Å². The second-order valence-corrected chi connectivity index (χ2v) is 4.55. The zero-order valence-corrected chi connectivity index (χ0v) is 9.24. The number of rotatable bonds is 5. The number of benzene rings is 1. The van der Waals surface area contributed by atoms with Crippen molar-refractivity contribution in [1.29, 1.82) is 0 Å². The zero-order chi connectivity index (χ0) is 10.7. The molecule has 15 heavy (non-hydrogen) atoms. The van der Waals surface area contributed by atoms with Gasteiger partial charge >= 0.3 is 0 Å². The van der Waals surface area contributed by atoms with Crippen molar-refractivity contribution >= 4 is 0 Å². The van der Waals surface area contributed by atoms with Gasteiger partial charge in [-0.3, -0.25) is 0 Å². The van der Waals surface area contributed by atoms with E-state index < -0.39 is 0 Å². The molecular formula is C13H19NO. The van der Waals surface area contributed by atoms with Crippen molar-refractivity contribution in [3.05, 3.63) is 29.8 Å². The molecule has 1 aromatic rings. The minimum atomic E-state index is 0.350. The predicted octanol–water partition coefficient (Wildman–Crippen LogP) is 2.47. The molecular weight excluding hydrogens is 186 g/mol. The molecule has 1 aliphatic rings. The fourth-order valence-corrected chi connectivity index (χ4v) is 1.78. The van der Waals surface area contributed by atoms with Gasteiger partial charge in [-0.15, -0.1) is 0 Å². The Balaban J connectivity index is 1.74. The van der Waals surface area contributed by atoms with Crippen molar-refractivity contribution in [3.8, 4) is 5.75 Å². The van der Waals surface area contributed by atoms with E-state index in [4.69, 9.17) is 5.11 Å². The second kappa shape index (κ2) is 4.67. The van der Waals surface area contributed by atoms with Crippen molar-refractivity contribution in [3.63, 3.8) is 0 Å². The third-order valence-corrected chi connectivity index (χ3v) is 2.90. The molecule has 0 heterocycles. The number of hydrogen-bond acceptors (Lipinski definition) is 2. The molecule has 1 saturated carbocycles. The Kier molecular flexibility index (Phi) is 3.27. The number of aromatic hydroxyl groups is 1. The minimum absolute atomic E-state index is 0.350. The summed E-state index contributed by atoms with van der Waals surface area (Å²) in [7, 11) is 0. The Bertz CT molecular complexity index is 303. The maximum Gasteiger partial charge on any atom is 0.115 e.